The average molecular weight is 448 g/mol. The predicted octanol–water partition coefficient (Wildman–Crippen LogP) is 4.93. The molecular weight excluding hydrogens is 431 g/mol. The second-order valence-corrected chi connectivity index (χ2v) is 7.65. The molecule has 2 heterocycles. The number of hydrogen-bond acceptors (Lipinski definition) is 4. The van der Waals surface area contributed by atoms with Gasteiger partial charge in [0.1, 0.15) is 23.5 Å². The van der Waals surface area contributed by atoms with Gasteiger partial charge in [-0.2, -0.15) is 0 Å². The van der Waals surface area contributed by atoms with Gasteiger partial charge < -0.3 is 9.88 Å². The van der Waals surface area contributed by atoms with Gasteiger partial charge in [0.25, 0.3) is 17.9 Å². The number of halogens is 5. The van der Waals surface area contributed by atoms with E-state index in [1.165, 1.54) is 29.0 Å². The standard InChI is InChI=1S/C22H17F5N4O/c1-3-16(13-5-4-6-14(19(13)23)20(24)25)30-21-15-10-31(12-8-22(26,27)9-12)18(32)7-17(15)28-11(2)29-21/h1,4-7,10,12,16,20H,8-9H2,2H3,(H,28,29,30)/t16-/m1/s1. The highest BCUT2D eigenvalue weighted by Gasteiger charge is 2.46. The van der Waals surface area contributed by atoms with Gasteiger partial charge in [-0.3, -0.25) is 4.79 Å². The summed E-state index contributed by atoms with van der Waals surface area (Å²) in [5.41, 5.74) is -1.22. The predicted molar refractivity (Wildman–Crippen MR) is 108 cm³/mol. The van der Waals surface area contributed by atoms with Crippen LogP contribution in [-0.4, -0.2) is 20.5 Å². The normalized spacial score (nSPS) is 16.6. The number of benzene rings is 1. The zero-order chi connectivity index (χ0) is 23.2. The molecule has 0 bridgehead atoms. The van der Waals surface area contributed by atoms with Crippen molar-refractivity contribution < 1.29 is 22.0 Å². The Balaban J connectivity index is 1.78. The van der Waals surface area contributed by atoms with E-state index in [1.54, 1.807) is 6.92 Å². The number of fused-ring (bicyclic) bond motifs is 1. The van der Waals surface area contributed by atoms with Crippen molar-refractivity contribution in [1.82, 2.24) is 14.5 Å². The fraction of sp³-hybridized carbons (Fsp3) is 0.318. The molecule has 0 spiro atoms. The SMILES string of the molecule is C#C[C@@H](Nc1nc(C)nc2cc(=O)n(C3CC(F)(F)C3)cc12)c1cccc(C(F)F)c1F. The molecule has 3 aromatic rings. The van der Waals surface area contributed by atoms with E-state index < -0.39 is 54.2 Å². The lowest BCUT2D eigenvalue weighted by Gasteiger charge is -2.36. The number of aryl methyl sites for hydroxylation is 1. The molecule has 0 saturated heterocycles. The lowest BCUT2D eigenvalue weighted by Crippen LogP contribution is -2.40. The molecule has 10 heteroatoms. The van der Waals surface area contributed by atoms with Crippen LogP contribution >= 0.6 is 0 Å². The second-order valence-electron chi connectivity index (χ2n) is 7.65. The Morgan fingerprint density at radius 3 is 2.56 bits per heavy atom. The first-order valence-electron chi connectivity index (χ1n) is 9.67. The summed E-state index contributed by atoms with van der Waals surface area (Å²) in [5, 5.41) is 3.14. The first-order valence-corrected chi connectivity index (χ1v) is 9.67. The van der Waals surface area contributed by atoms with E-state index >= 15 is 0 Å². The molecule has 5 nitrogen and oxygen atoms in total. The summed E-state index contributed by atoms with van der Waals surface area (Å²) >= 11 is 0. The largest absolute Gasteiger partial charge is 0.352 e. The third-order valence-electron chi connectivity index (χ3n) is 5.38. The fourth-order valence-electron chi connectivity index (χ4n) is 3.76. The molecule has 4 rings (SSSR count). The molecule has 0 aliphatic heterocycles. The van der Waals surface area contributed by atoms with Gasteiger partial charge in [0, 0.05) is 36.7 Å². The van der Waals surface area contributed by atoms with Crippen LogP contribution in [0.4, 0.5) is 27.8 Å². The molecule has 1 fully saturated rings. The van der Waals surface area contributed by atoms with E-state index in [2.05, 4.69) is 21.2 Å². The van der Waals surface area contributed by atoms with Crippen molar-refractivity contribution >= 4 is 16.7 Å². The molecule has 1 aliphatic rings. The molecule has 1 atom stereocenters. The molecule has 1 saturated carbocycles. The molecule has 1 aliphatic carbocycles. The van der Waals surface area contributed by atoms with Crippen molar-refractivity contribution in [3.63, 3.8) is 0 Å². The number of nitrogens with one attached hydrogen (secondary N) is 1. The fourth-order valence-corrected chi connectivity index (χ4v) is 3.76. The molecule has 1 aromatic carbocycles. The minimum atomic E-state index is -3.02. The Labute approximate surface area is 179 Å². The molecule has 2 aromatic heterocycles. The molecule has 1 N–H and O–H groups in total. The van der Waals surface area contributed by atoms with Crippen LogP contribution < -0.4 is 10.9 Å². The van der Waals surface area contributed by atoms with Crippen molar-refractivity contribution in [2.75, 3.05) is 5.32 Å². The summed E-state index contributed by atoms with van der Waals surface area (Å²) in [6.07, 6.45) is 2.95. The van der Waals surface area contributed by atoms with E-state index in [9.17, 15) is 26.7 Å². The van der Waals surface area contributed by atoms with Crippen molar-refractivity contribution in [2.24, 2.45) is 0 Å². The minimum absolute atomic E-state index is 0.122. The summed E-state index contributed by atoms with van der Waals surface area (Å²) in [7, 11) is 0. The van der Waals surface area contributed by atoms with Crippen LogP contribution in [0.1, 0.15) is 48.3 Å². The molecular formula is C22H17F5N4O. The maximum absolute atomic E-state index is 14.6. The number of alkyl halides is 4. The third-order valence-corrected chi connectivity index (χ3v) is 5.38. The minimum Gasteiger partial charge on any atom is -0.352 e. The van der Waals surface area contributed by atoms with Crippen LogP contribution in [-0.2, 0) is 0 Å². The van der Waals surface area contributed by atoms with Gasteiger partial charge in [0.15, 0.2) is 0 Å². The highest BCUT2D eigenvalue weighted by atomic mass is 19.3. The van der Waals surface area contributed by atoms with E-state index in [-0.39, 0.29) is 22.7 Å². The lowest BCUT2D eigenvalue weighted by atomic mass is 9.88. The number of hydrogen-bond donors (Lipinski definition) is 1. The Bertz CT molecular complexity index is 1290. The molecule has 0 amide bonds. The summed E-state index contributed by atoms with van der Waals surface area (Å²) in [5.74, 6) is -1.26. The summed E-state index contributed by atoms with van der Waals surface area (Å²) < 4.78 is 68.7. The van der Waals surface area contributed by atoms with Crippen LogP contribution in [0.15, 0.2) is 35.3 Å². The van der Waals surface area contributed by atoms with Crippen LogP contribution in [0.25, 0.3) is 10.9 Å². The van der Waals surface area contributed by atoms with E-state index in [1.807, 2.05) is 0 Å². The van der Waals surface area contributed by atoms with Crippen LogP contribution in [0.3, 0.4) is 0 Å². The van der Waals surface area contributed by atoms with Crippen LogP contribution in [0.5, 0.6) is 0 Å². The molecule has 32 heavy (non-hydrogen) atoms. The van der Waals surface area contributed by atoms with Gasteiger partial charge in [-0.05, 0) is 6.92 Å². The number of anilines is 1. The number of terminal acetylenes is 1. The van der Waals surface area contributed by atoms with Crippen molar-refractivity contribution in [2.45, 2.75) is 44.2 Å². The van der Waals surface area contributed by atoms with Crippen LogP contribution in [0.2, 0.25) is 0 Å². The van der Waals surface area contributed by atoms with Crippen LogP contribution in [0, 0.1) is 25.1 Å². The molecule has 0 unspecified atom stereocenters. The number of rotatable bonds is 5. The van der Waals surface area contributed by atoms with E-state index in [0.717, 1.165) is 6.07 Å². The summed E-state index contributed by atoms with van der Waals surface area (Å²) in [6.45, 7) is 1.56. The highest BCUT2D eigenvalue weighted by Crippen LogP contribution is 2.45. The molecule has 166 valence electrons. The zero-order valence-corrected chi connectivity index (χ0v) is 16.8. The Kier molecular flexibility index (Phi) is 5.36. The van der Waals surface area contributed by atoms with Gasteiger partial charge in [-0.15, -0.1) is 6.42 Å². The highest BCUT2D eigenvalue weighted by molar-refractivity contribution is 5.88. The topological polar surface area (TPSA) is 59.8 Å². The van der Waals surface area contributed by atoms with Gasteiger partial charge in [0.2, 0.25) is 0 Å². The van der Waals surface area contributed by atoms with Crippen molar-refractivity contribution in [1.29, 1.82) is 0 Å². The zero-order valence-electron chi connectivity index (χ0n) is 16.8. The lowest BCUT2D eigenvalue weighted by molar-refractivity contribution is -0.104. The summed E-state index contributed by atoms with van der Waals surface area (Å²) in [4.78, 5) is 20.9. The number of nitrogens with zero attached hydrogens (tertiary/aromatic N) is 3. The smallest absolute Gasteiger partial charge is 0.266 e. The third kappa shape index (κ3) is 3.90. The number of aromatic nitrogens is 3. The Morgan fingerprint density at radius 2 is 1.94 bits per heavy atom. The monoisotopic (exact) mass is 448 g/mol. The first kappa shape index (κ1) is 21.7. The second kappa shape index (κ2) is 7.89. The Hall–Kier alpha value is -3.48. The quantitative estimate of drug-likeness (QED) is 0.444. The van der Waals surface area contributed by atoms with Gasteiger partial charge in [-0.1, -0.05) is 24.1 Å². The maximum Gasteiger partial charge on any atom is 0.266 e. The summed E-state index contributed by atoms with van der Waals surface area (Å²) in [6, 6.07) is 2.87. The van der Waals surface area contributed by atoms with Gasteiger partial charge in [-0.25, -0.2) is 31.9 Å². The van der Waals surface area contributed by atoms with Gasteiger partial charge in [0.05, 0.1) is 16.5 Å². The van der Waals surface area contributed by atoms with Crippen molar-refractivity contribution in [3.05, 3.63) is 63.6 Å². The Morgan fingerprint density at radius 1 is 1.25 bits per heavy atom. The van der Waals surface area contributed by atoms with Gasteiger partial charge >= 0.3 is 0 Å². The maximum atomic E-state index is 14.6. The average Bonchev–Trinajstić information content (AvgIpc) is 2.69. The number of pyridine rings is 1. The van der Waals surface area contributed by atoms with Crippen molar-refractivity contribution in [3.8, 4) is 12.3 Å². The van der Waals surface area contributed by atoms with E-state index in [4.69, 9.17) is 6.42 Å². The molecule has 0 radical (unpaired) electrons. The van der Waals surface area contributed by atoms with E-state index in [0.29, 0.717) is 5.39 Å². The first-order chi connectivity index (χ1) is 15.1.